The summed E-state index contributed by atoms with van der Waals surface area (Å²) in [6.07, 6.45) is 2.68. The lowest BCUT2D eigenvalue weighted by molar-refractivity contribution is 0.0947. The predicted octanol–water partition coefficient (Wildman–Crippen LogP) is 4.10. The van der Waals surface area contributed by atoms with E-state index in [4.69, 9.17) is 0 Å². The molecule has 0 radical (unpaired) electrons. The Morgan fingerprint density at radius 1 is 0.897 bits per heavy atom. The number of amides is 1. The smallest absolute Gasteiger partial charge is 0.269 e. The molecule has 0 spiro atoms. The molecule has 0 fully saturated rings. The van der Waals surface area contributed by atoms with Crippen LogP contribution in [-0.4, -0.2) is 43.0 Å². The van der Waals surface area contributed by atoms with Gasteiger partial charge in [0.15, 0.2) is 0 Å². The lowest BCUT2D eigenvalue weighted by atomic mass is 10.1. The molecule has 2 aromatic carbocycles. The largest absolute Gasteiger partial charge is 0.351 e. The third kappa shape index (κ3) is 6.16. The molecule has 0 saturated carbocycles. The number of anilines is 2. The highest BCUT2D eigenvalue weighted by Gasteiger charge is 2.12. The van der Waals surface area contributed by atoms with Gasteiger partial charge in [-0.05, 0) is 56.9 Å². The number of nitrogens with one attached hydrogen (secondary N) is 1. The second-order valence-corrected chi connectivity index (χ2v) is 7.22. The molecule has 1 heterocycles. The summed E-state index contributed by atoms with van der Waals surface area (Å²) >= 11 is 0. The summed E-state index contributed by atoms with van der Waals surface area (Å²) in [5.41, 5.74) is 3.67. The van der Waals surface area contributed by atoms with E-state index in [0.29, 0.717) is 12.2 Å². The van der Waals surface area contributed by atoms with E-state index in [1.165, 1.54) is 5.56 Å². The van der Waals surface area contributed by atoms with E-state index in [-0.39, 0.29) is 5.91 Å². The molecule has 0 aliphatic carbocycles. The molecule has 0 aliphatic rings. The van der Waals surface area contributed by atoms with Crippen molar-refractivity contribution in [2.45, 2.75) is 13.0 Å². The van der Waals surface area contributed by atoms with E-state index >= 15 is 0 Å². The molecule has 0 saturated heterocycles. The Hall–Kier alpha value is -3.18. The molecule has 1 aromatic heterocycles. The van der Waals surface area contributed by atoms with Gasteiger partial charge in [-0.3, -0.25) is 4.79 Å². The van der Waals surface area contributed by atoms with Crippen molar-refractivity contribution in [2.75, 3.05) is 32.1 Å². The Morgan fingerprint density at radius 3 is 2.21 bits per heavy atom. The van der Waals surface area contributed by atoms with E-state index in [1.807, 2.05) is 56.6 Å². The number of aromatic nitrogens is 1. The van der Waals surface area contributed by atoms with Crippen LogP contribution in [0.3, 0.4) is 0 Å². The highest BCUT2D eigenvalue weighted by Crippen LogP contribution is 2.26. The lowest BCUT2D eigenvalue weighted by Gasteiger charge is -2.25. The van der Waals surface area contributed by atoms with E-state index < -0.39 is 0 Å². The molecular formula is C24H28N4O. The zero-order valence-electron chi connectivity index (χ0n) is 17.1. The summed E-state index contributed by atoms with van der Waals surface area (Å²) in [7, 11) is 4.05. The fraction of sp³-hybridized carbons (Fsp3) is 0.250. The zero-order chi connectivity index (χ0) is 20.5. The van der Waals surface area contributed by atoms with Gasteiger partial charge in [-0.15, -0.1) is 0 Å². The molecule has 150 valence electrons. The van der Waals surface area contributed by atoms with Gasteiger partial charge in [-0.1, -0.05) is 48.5 Å². The SMILES string of the molecule is CN(C)CCCNC(=O)c1ccc(N(Cc2ccccc2)c2ccccc2)cn1. The second kappa shape index (κ2) is 10.4. The minimum atomic E-state index is -0.135. The van der Waals surface area contributed by atoms with E-state index in [9.17, 15) is 4.79 Å². The summed E-state index contributed by atoms with van der Waals surface area (Å²) in [5.74, 6) is -0.135. The number of para-hydroxylation sites is 1. The van der Waals surface area contributed by atoms with Crippen LogP contribution in [0.4, 0.5) is 11.4 Å². The first-order valence-corrected chi connectivity index (χ1v) is 9.89. The quantitative estimate of drug-likeness (QED) is 0.561. The molecule has 29 heavy (non-hydrogen) atoms. The monoisotopic (exact) mass is 388 g/mol. The number of carbonyl (C=O) groups excluding carboxylic acids is 1. The number of rotatable bonds is 9. The van der Waals surface area contributed by atoms with Crippen molar-refractivity contribution in [2.24, 2.45) is 0 Å². The maximum absolute atomic E-state index is 12.3. The Kier molecular flexibility index (Phi) is 7.36. The molecule has 0 bridgehead atoms. The van der Waals surface area contributed by atoms with Crippen LogP contribution in [0.2, 0.25) is 0 Å². The highest BCUT2D eigenvalue weighted by atomic mass is 16.1. The van der Waals surface area contributed by atoms with Gasteiger partial charge in [-0.25, -0.2) is 4.98 Å². The number of pyridine rings is 1. The summed E-state index contributed by atoms with van der Waals surface area (Å²) in [4.78, 5) is 21.0. The van der Waals surface area contributed by atoms with Crippen LogP contribution < -0.4 is 10.2 Å². The van der Waals surface area contributed by atoms with Crippen molar-refractivity contribution >= 4 is 17.3 Å². The summed E-state index contributed by atoms with van der Waals surface area (Å²) in [6, 6.07) is 24.3. The first-order valence-electron chi connectivity index (χ1n) is 9.89. The topological polar surface area (TPSA) is 48.5 Å². The first-order chi connectivity index (χ1) is 14.1. The Bertz CT molecular complexity index is 880. The van der Waals surface area contributed by atoms with Gasteiger partial charge in [0.25, 0.3) is 5.91 Å². The minimum Gasteiger partial charge on any atom is -0.351 e. The highest BCUT2D eigenvalue weighted by molar-refractivity contribution is 5.92. The molecule has 0 atom stereocenters. The fourth-order valence-corrected chi connectivity index (χ4v) is 3.07. The van der Waals surface area contributed by atoms with Gasteiger partial charge in [0.1, 0.15) is 5.69 Å². The van der Waals surface area contributed by atoms with Crippen molar-refractivity contribution in [1.29, 1.82) is 0 Å². The second-order valence-electron chi connectivity index (χ2n) is 7.22. The average Bonchev–Trinajstić information content (AvgIpc) is 2.76. The van der Waals surface area contributed by atoms with Crippen molar-refractivity contribution < 1.29 is 4.79 Å². The van der Waals surface area contributed by atoms with Gasteiger partial charge >= 0.3 is 0 Å². The van der Waals surface area contributed by atoms with E-state index in [2.05, 4.69) is 44.4 Å². The normalized spacial score (nSPS) is 10.7. The van der Waals surface area contributed by atoms with Crippen LogP contribution in [0.25, 0.3) is 0 Å². The minimum absolute atomic E-state index is 0.135. The van der Waals surface area contributed by atoms with Crippen LogP contribution in [0.15, 0.2) is 79.0 Å². The maximum Gasteiger partial charge on any atom is 0.269 e. The average molecular weight is 389 g/mol. The number of nitrogens with zero attached hydrogens (tertiary/aromatic N) is 3. The van der Waals surface area contributed by atoms with Crippen LogP contribution in [0.5, 0.6) is 0 Å². The van der Waals surface area contributed by atoms with Gasteiger partial charge in [0.2, 0.25) is 0 Å². The number of carbonyl (C=O) groups is 1. The standard InChI is InChI=1S/C24H28N4O/c1-27(2)17-9-16-25-24(29)23-15-14-22(18-26-23)28(21-12-7-4-8-13-21)19-20-10-5-3-6-11-20/h3-8,10-15,18H,9,16-17,19H2,1-2H3,(H,25,29). The van der Waals surface area contributed by atoms with Crippen molar-refractivity contribution in [3.63, 3.8) is 0 Å². The Balaban J connectivity index is 1.72. The van der Waals surface area contributed by atoms with Gasteiger partial charge < -0.3 is 15.1 Å². The number of benzene rings is 2. The molecular weight excluding hydrogens is 360 g/mol. The van der Waals surface area contributed by atoms with Crippen molar-refractivity contribution in [3.8, 4) is 0 Å². The van der Waals surface area contributed by atoms with Gasteiger partial charge in [-0.2, -0.15) is 0 Å². The summed E-state index contributed by atoms with van der Waals surface area (Å²) in [6.45, 7) is 2.31. The third-order valence-corrected chi connectivity index (χ3v) is 4.61. The van der Waals surface area contributed by atoms with Crippen LogP contribution in [0, 0.1) is 0 Å². The Labute approximate surface area is 173 Å². The van der Waals surface area contributed by atoms with Gasteiger partial charge in [0, 0.05) is 18.8 Å². The molecule has 5 heteroatoms. The maximum atomic E-state index is 12.3. The first kappa shape index (κ1) is 20.6. The van der Waals surface area contributed by atoms with Crippen molar-refractivity contribution in [3.05, 3.63) is 90.3 Å². The molecule has 1 amide bonds. The molecule has 3 aromatic rings. The van der Waals surface area contributed by atoms with Crippen LogP contribution in [0.1, 0.15) is 22.5 Å². The number of hydrogen-bond donors (Lipinski definition) is 1. The van der Waals surface area contributed by atoms with Gasteiger partial charge in [0.05, 0.1) is 11.9 Å². The molecule has 3 rings (SSSR count). The molecule has 5 nitrogen and oxygen atoms in total. The summed E-state index contributed by atoms with van der Waals surface area (Å²) in [5, 5.41) is 2.93. The number of hydrogen-bond acceptors (Lipinski definition) is 4. The predicted molar refractivity (Wildman–Crippen MR) is 118 cm³/mol. The Morgan fingerprint density at radius 2 is 1.59 bits per heavy atom. The van der Waals surface area contributed by atoms with E-state index in [0.717, 1.165) is 30.9 Å². The van der Waals surface area contributed by atoms with Crippen LogP contribution >= 0.6 is 0 Å². The summed E-state index contributed by atoms with van der Waals surface area (Å²) < 4.78 is 0. The van der Waals surface area contributed by atoms with Crippen LogP contribution in [-0.2, 0) is 6.54 Å². The fourth-order valence-electron chi connectivity index (χ4n) is 3.07. The van der Waals surface area contributed by atoms with E-state index in [1.54, 1.807) is 12.3 Å². The molecule has 0 aliphatic heterocycles. The molecule has 1 N–H and O–H groups in total. The lowest BCUT2D eigenvalue weighted by Crippen LogP contribution is -2.27. The third-order valence-electron chi connectivity index (χ3n) is 4.61. The van der Waals surface area contributed by atoms with Crippen molar-refractivity contribution in [1.82, 2.24) is 15.2 Å². The molecule has 0 unspecified atom stereocenters. The zero-order valence-corrected chi connectivity index (χ0v) is 17.1.